The molecule has 28 heavy (non-hydrogen) atoms. The van der Waals surface area contributed by atoms with Crippen LogP contribution in [-0.4, -0.2) is 24.6 Å². The van der Waals surface area contributed by atoms with E-state index in [1.807, 2.05) is 49.4 Å². The fourth-order valence-corrected chi connectivity index (χ4v) is 2.62. The second kappa shape index (κ2) is 9.32. The number of carbonyl (C=O) groups excluding carboxylic acids is 2. The maximum absolute atomic E-state index is 12.0. The van der Waals surface area contributed by atoms with E-state index < -0.39 is 11.8 Å². The summed E-state index contributed by atoms with van der Waals surface area (Å²) in [5.74, 6) is -0.927. The van der Waals surface area contributed by atoms with Crippen molar-refractivity contribution in [2.75, 3.05) is 11.9 Å². The largest absolute Gasteiger partial charge is 0.494 e. The molecule has 0 fully saturated rings. The van der Waals surface area contributed by atoms with Crippen LogP contribution in [0.25, 0.3) is 10.8 Å². The average molecular weight is 375 g/mol. The van der Waals surface area contributed by atoms with Crippen LogP contribution in [0.3, 0.4) is 0 Å². The molecular weight excluding hydrogens is 354 g/mol. The number of hydrogen-bond donors (Lipinski definition) is 2. The molecule has 0 atom stereocenters. The van der Waals surface area contributed by atoms with E-state index in [4.69, 9.17) is 4.74 Å². The zero-order valence-electron chi connectivity index (χ0n) is 15.5. The summed E-state index contributed by atoms with van der Waals surface area (Å²) in [4.78, 5) is 23.9. The Labute approximate surface area is 163 Å². The van der Waals surface area contributed by atoms with Crippen molar-refractivity contribution in [2.24, 2.45) is 5.10 Å². The first-order valence-corrected chi connectivity index (χ1v) is 9.02. The van der Waals surface area contributed by atoms with E-state index in [-0.39, 0.29) is 0 Å². The molecule has 3 aromatic carbocycles. The van der Waals surface area contributed by atoms with Crippen molar-refractivity contribution in [2.45, 2.75) is 13.3 Å². The fraction of sp³-hybridized carbons (Fsp3) is 0.136. The monoisotopic (exact) mass is 375 g/mol. The topological polar surface area (TPSA) is 79.8 Å². The molecule has 3 rings (SSSR count). The SMILES string of the molecule is CCCOc1ccc(NC(=O)C(=O)N/N=C\c2cccc3ccccc23)cc1. The van der Waals surface area contributed by atoms with Crippen LogP contribution in [0.2, 0.25) is 0 Å². The Bertz CT molecular complexity index is 992. The van der Waals surface area contributed by atoms with E-state index in [2.05, 4.69) is 15.8 Å². The van der Waals surface area contributed by atoms with E-state index in [1.54, 1.807) is 24.3 Å². The number of carbonyl (C=O) groups is 2. The molecule has 2 amide bonds. The van der Waals surface area contributed by atoms with Gasteiger partial charge in [-0.25, -0.2) is 5.43 Å². The second-order valence-electron chi connectivity index (χ2n) is 6.09. The van der Waals surface area contributed by atoms with Crippen molar-refractivity contribution in [1.82, 2.24) is 5.43 Å². The number of ether oxygens (including phenoxy) is 1. The van der Waals surface area contributed by atoms with Gasteiger partial charge in [-0.1, -0.05) is 49.4 Å². The Morgan fingerprint density at radius 2 is 1.71 bits per heavy atom. The lowest BCUT2D eigenvalue weighted by molar-refractivity contribution is -0.136. The van der Waals surface area contributed by atoms with Crippen molar-refractivity contribution < 1.29 is 14.3 Å². The maximum atomic E-state index is 12.0. The van der Waals surface area contributed by atoms with E-state index in [1.165, 1.54) is 6.21 Å². The van der Waals surface area contributed by atoms with Gasteiger partial charge in [0.1, 0.15) is 5.75 Å². The predicted octanol–water partition coefficient (Wildman–Crippen LogP) is 3.72. The highest BCUT2D eigenvalue weighted by Gasteiger charge is 2.12. The zero-order valence-corrected chi connectivity index (χ0v) is 15.5. The van der Waals surface area contributed by atoms with Crippen LogP contribution >= 0.6 is 0 Å². The first-order valence-electron chi connectivity index (χ1n) is 9.02. The molecule has 2 N–H and O–H groups in total. The highest BCUT2D eigenvalue weighted by Crippen LogP contribution is 2.17. The minimum atomic E-state index is -0.845. The molecule has 0 unspecified atom stereocenters. The molecular formula is C22H21N3O3. The Morgan fingerprint density at radius 3 is 2.50 bits per heavy atom. The van der Waals surface area contributed by atoms with E-state index >= 15 is 0 Å². The molecule has 3 aromatic rings. The highest BCUT2D eigenvalue weighted by atomic mass is 16.5. The lowest BCUT2D eigenvalue weighted by Gasteiger charge is -2.07. The van der Waals surface area contributed by atoms with Gasteiger partial charge in [-0.05, 0) is 41.5 Å². The van der Waals surface area contributed by atoms with Crippen molar-refractivity contribution in [3.05, 3.63) is 72.3 Å². The van der Waals surface area contributed by atoms with Crippen LogP contribution in [0, 0.1) is 0 Å². The first kappa shape index (κ1) is 19.1. The highest BCUT2D eigenvalue weighted by molar-refractivity contribution is 6.39. The minimum Gasteiger partial charge on any atom is -0.494 e. The first-order chi connectivity index (χ1) is 13.7. The molecule has 0 saturated carbocycles. The van der Waals surface area contributed by atoms with Crippen molar-refractivity contribution in [3.63, 3.8) is 0 Å². The predicted molar refractivity (Wildman–Crippen MR) is 111 cm³/mol. The average Bonchev–Trinajstić information content (AvgIpc) is 2.73. The van der Waals surface area contributed by atoms with Gasteiger partial charge in [-0.2, -0.15) is 5.10 Å². The third kappa shape index (κ3) is 4.94. The van der Waals surface area contributed by atoms with Crippen molar-refractivity contribution in [3.8, 4) is 5.75 Å². The van der Waals surface area contributed by atoms with Crippen LogP contribution < -0.4 is 15.5 Å². The maximum Gasteiger partial charge on any atom is 0.329 e. The lowest BCUT2D eigenvalue weighted by atomic mass is 10.1. The van der Waals surface area contributed by atoms with E-state index in [9.17, 15) is 9.59 Å². The smallest absolute Gasteiger partial charge is 0.329 e. The van der Waals surface area contributed by atoms with Crippen molar-refractivity contribution >= 4 is 34.5 Å². The van der Waals surface area contributed by atoms with Crippen LogP contribution in [0.5, 0.6) is 5.75 Å². The summed E-state index contributed by atoms with van der Waals surface area (Å²) in [5, 5.41) is 8.50. The van der Waals surface area contributed by atoms with Gasteiger partial charge < -0.3 is 10.1 Å². The van der Waals surface area contributed by atoms with Crippen LogP contribution in [0.1, 0.15) is 18.9 Å². The molecule has 0 aliphatic heterocycles. The molecule has 0 radical (unpaired) electrons. The summed E-state index contributed by atoms with van der Waals surface area (Å²) in [6.45, 7) is 2.65. The number of nitrogens with zero attached hydrogens (tertiary/aromatic N) is 1. The molecule has 0 aromatic heterocycles. The summed E-state index contributed by atoms with van der Waals surface area (Å²) >= 11 is 0. The zero-order chi connectivity index (χ0) is 19.8. The molecule has 0 heterocycles. The number of rotatable bonds is 6. The van der Waals surface area contributed by atoms with Gasteiger partial charge >= 0.3 is 11.8 Å². The molecule has 0 spiro atoms. The van der Waals surface area contributed by atoms with Crippen LogP contribution in [0.4, 0.5) is 5.69 Å². The Balaban J connectivity index is 1.57. The lowest BCUT2D eigenvalue weighted by Crippen LogP contribution is -2.32. The number of anilines is 1. The Hall–Kier alpha value is -3.67. The second-order valence-corrected chi connectivity index (χ2v) is 6.09. The third-order valence-electron chi connectivity index (χ3n) is 3.98. The van der Waals surface area contributed by atoms with Crippen LogP contribution in [0.15, 0.2) is 71.8 Å². The number of amides is 2. The third-order valence-corrected chi connectivity index (χ3v) is 3.98. The standard InChI is InChI=1S/C22H21N3O3/c1-2-14-28-19-12-10-18(11-13-19)24-21(26)22(27)25-23-15-17-8-5-7-16-6-3-4-9-20(16)17/h3-13,15H,2,14H2,1H3,(H,24,26)(H,25,27)/b23-15-. The summed E-state index contributed by atoms with van der Waals surface area (Å²) in [5.41, 5.74) is 3.60. The summed E-state index contributed by atoms with van der Waals surface area (Å²) < 4.78 is 5.48. The Morgan fingerprint density at radius 1 is 0.964 bits per heavy atom. The van der Waals surface area contributed by atoms with E-state index in [0.717, 1.165) is 22.8 Å². The molecule has 0 aliphatic rings. The van der Waals surface area contributed by atoms with E-state index in [0.29, 0.717) is 18.0 Å². The fourth-order valence-electron chi connectivity index (χ4n) is 2.62. The summed E-state index contributed by atoms with van der Waals surface area (Å²) in [7, 11) is 0. The molecule has 142 valence electrons. The normalized spacial score (nSPS) is 10.8. The van der Waals surface area contributed by atoms with Gasteiger partial charge in [0.2, 0.25) is 0 Å². The van der Waals surface area contributed by atoms with Gasteiger partial charge in [0.05, 0.1) is 12.8 Å². The van der Waals surface area contributed by atoms with Gasteiger partial charge in [0, 0.05) is 11.3 Å². The Kier molecular flexibility index (Phi) is 6.36. The number of nitrogens with one attached hydrogen (secondary N) is 2. The molecule has 6 nitrogen and oxygen atoms in total. The molecule has 6 heteroatoms. The molecule has 0 saturated heterocycles. The number of benzene rings is 3. The summed E-state index contributed by atoms with van der Waals surface area (Å²) in [6.07, 6.45) is 2.44. The van der Waals surface area contributed by atoms with Crippen LogP contribution in [-0.2, 0) is 9.59 Å². The molecule has 0 aliphatic carbocycles. The number of hydrogen-bond acceptors (Lipinski definition) is 4. The van der Waals surface area contributed by atoms with Crippen molar-refractivity contribution in [1.29, 1.82) is 0 Å². The van der Waals surface area contributed by atoms with Gasteiger partial charge in [-0.15, -0.1) is 0 Å². The van der Waals surface area contributed by atoms with Gasteiger partial charge in [0.25, 0.3) is 0 Å². The summed E-state index contributed by atoms with van der Waals surface area (Å²) in [6, 6.07) is 20.5. The minimum absolute atomic E-state index is 0.502. The number of hydrazone groups is 1. The van der Waals surface area contributed by atoms with Gasteiger partial charge in [0.15, 0.2) is 0 Å². The number of fused-ring (bicyclic) bond motifs is 1. The van der Waals surface area contributed by atoms with Gasteiger partial charge in [-0.3, -0.25) is 9.59 Å². The quantitative estimate of drug-likeness (QED) is 0.391. The molecule has 0 bridgehead atoms.